The molecule has 1 aromatic rings. The minimum atomic E-state index is -0.195. The second kappa shape index (κ2) is 4.02. The van der Waals surface area contributed by atoms with E-state index in [1.165, 1.54) is 6.20 Å². The van der Waals surface area contributed by atoms with Gasteiger partial charge in [-0.15, -0.1) is 0 Å². The van der Waals surface area contributed by atoms with Crippen molar-refractivity contribution in [2.75, 3.05) is 13.2 Å². The molecular formula is C10H15N3O2. The third-order valence-electron chi connectivity index (χ3n) is 2.68. The molecule has 0 aliphatic carbocycles. The molecule has 1 saturated heterocycles. The topological polar surface area (TPSA) is 67.0 Å². The van der Waals surface area contributed by atoms with Gasteiger partial charge in [-0.05, 0) is 19.8 Å². The Morgan fingerprint density at radius 3 is 3.27 bits per heavy atom. The molecule has 15 heavy (non-hydrogen) atoms. The smallest absolute Gasteiger partial charge is 0.254 e. The Hall–Kier alpha value is -1.36. The Balaban J connectivity index is 1.85. The Bertz CT molecular complexity index is 328. The third-order valence-corrected chi connectivity index (χ3v) is 2.68. The van der Waals surface area contributed by atoms with Gasteiger partial charge in [-0.1, -0.05) is 0 Å². The van der Waals surface area contributed by atoms with E-state index in [4.69, 9.17) is 4.74 Å². The summed E-state index contributed by atoms with van der Waals surface area (Å²) in [6.07, 6.45) is 5.15. The zero-order chi connectivity index (χ0) is 10.7. The van der Waals surface area contributed by atoms with Crippen LogP contribution in [0, 0.1) is 0 Å². The number of hydrogen-bond acceptors (Lipinski definition) is 3. The first-order chi connectivity index (χ1) is 7.20. The molecule has 5 nitrogen and oxygen atoms in total. The summed E-state index contributed by atoms with van der Waals surface area (Å²) in [5.41, 5.74) is 0.357. The molecule has 1 atom stereocenters. The monoisotopic (exact) mass is 209 g/mol. The van der Waals surface area contributed by atoms with E-state index in [1.807, 2.05) is 6.92 Å². The molecular weight excluding hydrogens is 194 g/mol. The standard InChI is InChI=1S/C10H15N3O2/c1-10(3-2-4-15-10)7-11-9(14)8-5-12-13-6-8/h5-6H,2-4,7H2,1H3,(H,11,14)(H,12,13). The number of nitrogens with zero attached hydrogens (tertiary/aromatic N) is 1. The highest BCUT2D eigenvalue weighted by Gasteiger charge is 2.30. The van der Waals surface area contributed by atoms with Crippen LogP contribution in [0.1, 0.15) is 30.1 Å². The Kier molecular flexibility index (Phi) is 2.73. The number of carbonyl (C=O) groups excluding carboxylic acids is 1. The number of aromatic nitrogens is 2. The summed E-state index contributed by atoms with van der Waals surface area (Å²) in [4.78, 5) is 11.6. The van der Waals surface area contributed by atoms with Gasteiger partial charge in [-0.25, -0.2) is 0 Å². The van der Waals surface area contributed by atoms with E-state index in [-0.39, 0.29) is 11.5 Å². The minimum absolute atomic E-state index is 0.111. The summed E-state index contributed by atoms with van der Waals surface area (Å²) in [5, 5.41) is 9.17. The van der Waals surface area contributed by atoms with Gasteiger partial charge in [0.15, 0.2) is 0 Å². The number of H-pyrrole nitrogens is 1. The van der Waals surface area contributed by atoms with Crippen LogP contribution in [0.25, 0.3) is 0 Å². The van der Waals surface area contributed by atoms with Crippen molar-refractivity contribution in [3.8, 4) is 0 Å². The van der Waals surface area contributed by atoms with Gasteiger partial charge in [-0.2, -0.15) is 5.10 Å². The molecule has 1 aliphatic rings. The molecule has 2 heterocycles. The minimum Gasteiger partial charge on any atom is -0.373 e. The average Bonchev–Trinajstić information content (AvgIpc) is 2.85. The quantitative estimate of drug-likeness (QED) is 0.770. The first-order valence-electron chi connectivity index (χ1n) is 5.11. The average molecular weight is 209 g/mol. The summed E-state index contributed by atoms with van der Waals surface area (Å²) < 4.78 is 5.57. The highest BCUT2D eigenvalue weighted by Crippen LogP contribution is 2.23. The van der Waals surface area contributed by atoms with Crippen LogP contribution in [-0.2, 0) is 4.74 Å². The Morgan fingerprint density at radius 1 is 1.80 bits per heavy atom. The van der Waals surface area contributed by atoms with E-state index in [1.54, 1.807) is 6.20 Å². The summed E-state index contributed by atoms with van der Waals surface area (Å²) in [5.74, 6) is -0.111. The molecule has 1 aliphatic heterocycles. The van der Waals surface area contributed by atoms with Crippen LogP contribution in [0.15, 0.2) is 12.4 Å². The van der Waals surface area contributed by atoms with E-state index in [0.717, 1.165) is 19.4 Å². The van der Waals surface area contributed by atoms with Crippen molar-refractivity contribution in [1.29, 1.82) is 0 Å². The van der Waals surface area contributed by atoms with E-state index in [9.17, 15) is 4.79 Å². The molecule has 0 spiro atoms. The molecule has 1 fully saturated rings. The molecule has 0 bridgehead atoms. The predicted octanol–water partition coefficient (Wildman–Crippen LogP) is 0.709. The van der Waals surface area contributed by atoms with Crippen molar-refractivity contribution >= 4 is 5.91 Å². The maximum Gasteiger partial charge on any atom is 0.254 e. The van der Waals surface area contributed by atoms with E-state index < -0.39 is 0 Å². The molecule has 1 aromatic heterocycles. The number of rotatable bonds is 3. The first-order valence-corrected chi connectivity index (χ1v) is 5.11. The molecule has 2 rings (SSSR count). The molecule has 0 radical (unpaired) electrons. The van der Waals surface area contributed by atoms with Crippen LogP contribution in [0.2, 0.25) is 0 Å². The summed E-state index contributed by atoms with van der Waals surface area (Å²) in [6.45, 7) is 3.37. The SMILES string of the molecule is CC1(CNC(=O)c2cn[nH]c2)CCCO1. The third kappa shape index (κ3) is 2.36. The van der Waals surface area contributed by atoms with Crippen molar-refractivity contribution in [2.24, 2.45) is 0 Å². The molecule has 82 valence electrons. The van der Waals surface area contributed by atoms with Gasteiger partial charge in [0, 0.05) is 19.3 Å². The molecule has 1 amide bonds. The Labute approximate surface area is 88.2 Å². The van der Waals surface area contributed by atoms with Gasteiger partial charge in [0.05, 0.1) is 17.4 Å². The molecule has 0 aromatic carbocycles. The summed E-state index contributed by atoms with van der Waals surface area (Å²) >= 11 is 0. The van der Waals surface area contributed by atoms with Gasteiger partial charge in [-0.3, -0.25) is 9.89 Å². The first kappa shape index (κ1) is 10.2. The molecule has 5 heteroatoms. The van der Waals surface area contributed by atoms with Gasteiger partial charge in [0.2, 0.25) is 0 Å². The van der Waals surface area contributed by atoms with Crippen LogP contribution in [0.4, 0.5) is 0 Å². The van der Waals surface area contributed by atoms with Crippen molar-refractivity contribution in [2.45, 2.75) is 25.4 Å². The number of nitrogens with one attached hydrogen (secondary N) is 2. The normalized spacial score (nSPS) is 25.4. The highest BCUT2D eigenvalue weighted by atomic mass is 16.5. The number of amides is 1. The van der Waals surface area contributed by atoms with E-state index in [0.29, 0.717) is 12.1 Å². The fourth-order valence-electron chi connectivity index (χ4n) is 1.72. The van der Waals surface area contributed by atoms with Gasteiger partial charge in [0.25, 0.3) is 5.91 Å². The lowest BCUT2D eigenvalue weighted by atomic mass is 10.0. The van der Waals surface area contributed by atoms with Gasteiger partial charge >= 0.3 is 0 Å². The second-order valence-corrected chi connectivity index (χ2v) is 4.07. The fourth-order valence-corrected chi connectivity index (χ4v) is 1.72. The number of ether oxygens (including phenoxy) is 1. The molecule has 0 saturated carbocycles. The zero-order valence-electron chi connectivity index (χ0n) is 8.75. The van der Waals surface area contributed by atoms with Gasteiger partial charge in [0.1, 0.15) is 0 Å². The number of carbonyl (C=O) groups is 1. The lowest BCUT2D eigenvalue weighted by Gasteiger charge is -2.23. The lowest BCUT2D eigenvalue weighted by Crippen LogP contribution is -2.40. The molecule has 1 unspecified atom stereocenters. The zero-order valence-corrected chi connectivity index (χ0v) is 8.75. The maximum atomic E-state index is 11.6. The highest BCUT2D eigenvalue weighted by molar-refractivity contribution is 5.93. The summed E-state index contributed by atoms with van der Waals surface area (Å²) in [6, 6.07) is 0. The fraction of sp³-hybridized carbons (Fsp3) is 0.600. The molecule has 2 N–H and O–H groups in total. The van der Waals surface area contributed by atoms with Crippen LogP contribution < -0.4 is 5.32 Å². The summed E-state index contributed by atoms with van der Waals surface area (Å²) in [7, 11) is 0. The van der Waals surface area contributed by atoms with Crippen LogP contribution in [0.5, 0.6) is 0 Å². The predicted molar refractivity (Wildman–Crippen MR) is 54.5 cm³/mol. The van der Waals surface area contributed by atoms with Crippen molar-refractivity contribution in [3.05, 3.63) is 18.0 Å². The van der Waals surface area contributed by atoms with E-state index >= 15 is 0 Å². The number of hydrogen-bond donors (Lipinski definition) is 2. The van der Waals surface area contributed by atoms with Crippen LogP contribution >= 0.6 is 0 Å². The van der Waals surface area contributed by atoms with Crippen molar-refractivity contribution in [1.82, 2.24) is 15.5 Å². The second-order valence-electron chi connectivity index (χ2n) is 4.07. The number of aromatic amines is 1. The van der Waals surface area contributed by atoms with Gasteiger partial charge < -0.3 is 10.1 Å². The van der Waals surface area contributed by atoms with Crippen LogP contribution in [0.3, 0.4) is 0 Å². The largest absolute Gasteiger partial charge is 0.373 e. The lowest BCUT2D eigenvalue weighted by molar-refractivity contribution is 0.0206. The van der Waals surface area contributed by atoms with E-state index in [2.05, 4.69) is 15.5 Å². The van der Waals surface area contributed by atoms with Crippen LogP contribution in [-0.4, -0.2) is 34.9 Å². The van der Waals surface area contributed by atoms with Crippen molar-refractivity contribution in [3.63, 3.8) is 0 Å². The Morgan fingerprint density at radius 2 is 2.67 bits per heavy atom. The maximum absolute atomic E-state index is 11.6. The van der Waals surface area contributed by atoms with Crippen molar-refractivity contribution < 1.29 is 9.53 Å².